The van der Waals surface area contributed by atoms with Crippen LogP contribution >= 0.6 is 34.0 Å². The van der Waals surface area contributed by atoms with Gasteiger partial charge in [0.05, 0.1) is 0 Å². The van der Waals surface area contributed by atoms with Crippen molar-refractivity contribution >= 4 is 39.9 Å². The van der Waals surface area contributed by atoms with Gasteiger partial charge in [-0.15, -0.1) is 34.0 Å². The number of nitrogens with one attached hydrogen (secondary N) is 2. The Morgan fingerprint density at radius 2 is 1.73 bits per heavy atom. The van der Waals surface area contributed by atoms with Gasteiger partial charge in [0.25, 0.3) is 0 Å². The SMILES string of the molecule is Br.Br.c1cnc(NC2CCNCC2)nc1. The Balaban J connectivity index is 0.000000980. The molecule has 0 saturated carbocycles. The first-order valence-electron chi connectivity index (χ1n) is 4.69. The summed E-state index contributed by atoms with van der Waals surface area (Å²) in [5.74, 6) is 0.745. The molecule has 4 nitrogen and oxygen atoms in total. The molecule has 1 aromatic rings. The molecule has 86 valence electrons. The minimum absolute atomic E-state index is 0. The lowest BCUT2D eigenvalue weighted by Gasteiger charge is -2.23. The standard InChI is InChI=1S/C9H14N4.2BrH/c1-4-11-9(12-5-1)13-8-2-6-10-7-3-8;;/h1,4-5,8,10H,2-3,6-7H2,(H,11,12,13);2*1H. The fourth-order valence-corrected chi connectivity index (χ4v) is 1.52. The molecule has 1 aliphatic heterocycles. The van der Waals surface area contributed by atoms with Crippen LogP contribution in [-0.4, -0.2) is 29.1 Å². The van der Waals surface area contributed by atoms with E-state index in [4.69, 9.17) is 0 Å². The van der Waals surface area contributed by atoms with Crippen LogP contribution in [0.25, 0.3) is 0 Å². The summed E-state index contributed by atoms with van der Waals surface area (Å²) in [5, 5.41) is 6.64. The van der Waals surface area contributed by atoms with Crippen LogP contribution in [0.5, 0.6) is 0 Å². The van der Waals surface area contributed by atoms with E-state index >= 15 is 0 Å². The van der Waals surface area contributed by atoms with Gasteiger partial charge in [0.1, 0.15) is 0 Å². The monoisotopic (exact) mass is 338 g/mol. The molecule has 0 bridgehead atoms. The van der Waals surface area contributed by atoms with Gasteiger partial charge in [-0.05, 0) is 32.0 Å². The highest BCUT2D eigenvalue weighted by molar-refractivity contribution is 8.93. The molecule has 1 fully saturated rings. The number of aromatic nitrogens is 2. The Morgan fingerprint density at radius 3 is 2.33 bits per heavy atom. The molecule has 2 N–H and O–H groups in total. The van der Waals surface area contributed by atoms with E-state index in [2.05, 4.69) is 20.6 Å². The first kappa shape index (κ1) is 14.8. The highest BCUT2D eigenvalue weighted by Gasteiger charge is 2.12. The summed E-state index contributed by atoms with van der Waals surface area (Å²) in [5.41, 5.74) is 0. The van der Waals surface area contributed by atoms with Crippen LogP contribution in [0.1, 0.15) is 12.8 Å². The second kappa shape index (κ2) is 8.01. The van der Waals surface area contributed by atoms with E-state index in [0.29, 0.717) is 6.04 Å². The smallest absolute Gasteiger partial charge is 0.222 e. The van der Waals surface area contributed by atoms with Crippen molar-refractivity contribution in [2.45, 2.75) is 18.9 Å². The lowest BCUT2D eigenvalue weighted by Crippen LogP contribution is -2.35. The van der Waals surface area contributed by atoms with Crippen molar-refractivity contribution in [3.63, 3.8) is 0 Å². The van der Waals surface area contributed by atoms with Crippen LogP contribution < -0.4 is 10.6 Å². The topological polar surface area (TPSA) is 49.8 Å². The summed E-state index contributed by atoms with van der Waals surface area (Å²) in [6.45, 7) is 2.18. The molecular formula is C9H16Br2N4. The number of anilines is 1. The summed E-state index contributed by atoms with van der Waals surface area (Å²) in [7, 11) is 0. The highest BCUT2D eigenvalue weighted by atomic mass is 79.9. The molecule has 0 amide bonds. The predicted octanol–water partition coefficient (Wildman–Crippen LogP) is 1.80. The van der Waals surface area contributed by atoms with Gasteiger partial charge in [0.2, 0.25) is 5.95 Å². The van der Waals surface area contributed by atoms with Crippen molar-refractivity contribution in [1.29, 1.82) is 0 Å². The Hall–Kier alpha value is -0.200. The molecule has 0 unspecified atom stereocenters. The molecule has 0 atom stereocenters. The quantitative estimate of drug-likeness (QED) is 0.862. The lowest BCUT2D eigenvalue weighted by atomic mass is 10.1. The van der Waals surface area contributed by atoms with Crippen LogP contribution in [-0.2, 0) is 0 Å². The van der Waals surface area contributed by atoms with Gasteiger partial charge in [0.15, 0.2) is 0 Å². The van der Waals surface area contributed by atoms with E-state index in [-0.39, 0.29) is 34.0 Å². The van der Waals surface area contributed by atoms with Gasteiger partial charge < -0.3 is 10.6 Å². The molecule has 6 heteroatoms. The summed E-state index contributed by atoms with van der Waals surface area (Å²) in [6, 6.07) is 2.36. The number of halogens is 2. The lowest BCUT2D eigenvalue weighted by molar-refractivity contribution is 0.477. The molecule has 0 aliphatic carbocycles. The number of hydrogen-bond acceptors (Lipinski definition) is 4. The molecule has 1 saturated heterocycles. The average molecular weight is 340 g/mol. The van der Waals surface area contributed by atoms with E-state index in [9.17, 15) is 0 Å². The maximum Gasteiger partial charge on any atom is 0.222 e. The molecule has 0 radical (unpaired) electrons. The van der Waals surface area contributed by atoms with E-state index in [1.807, 2.05) is 6.07 Å². The van der Waals surface area contributed by atoms with Gasteiger partial charge in [-0.3, -0.25) is 0 Å². The van der Waals surface area contributed by atoms with Crippen molar-refractivity contribution in [1.82, 2.24) is 15.3 Å². The van der Waals surface area contributed by atoms with Crippen molar-refractivity contribution < 1.29 is 0 Å². The zero-order valence-electron chi connectivity index (χ0n) is 8.35. The highest BCUT2D eigenvalue weighted by Crippen LogP contribution is 2.07. The van der Waals surface area contributed by atoms with Crippen molar-refractivity contribution in [3.8, 4) is 0 Å². The fourth-order valence-electron chi connectivity index (χ4n) is 1.52. The zero-order valence-corrected chi connectivity index (χ0v) is 11.8. The maximum absolute atomic E-state index is 4.13. The third-order valence-electron chi connectivity index (χ3n) is 2.24. The molecule has 2 heterocycles. The van der Waals surface area contributed by atoms with Crippen LogP contribution in [0.15, 0.2) is 18.5 Å². The Labute approximate surface area is 111 Å². The van der Waals surface area contributed by atoms with Gasteiger partial charge in [-0.25, -0.2) is 9.97 Å². The molecular weight excluding hydrogens is 324 g/mol. The van der Waals surface area contributed by atoms with E-state index in [0.717, 1.165) is 31.9 Å². The molecule has 0 spiro atoms. The van der Waals surface area contributed by atoms with Crippen molar-refractivity contribution in [2.24, 2.45) is 0 Å². The largest absolute Gasteiger partial charge is 0.351 e. The predicted molar refractivity (Wildman–Crippen MR) is 72.2 cm³/mol. The van der Waals surface area contributed by atoms with Crippen LogP contribution in [0.4, 0.5) is 5.95 Å². The number of hydrogen-bond donors (Lipinski definition) is 2. The Kier molecular flexibility index (Phi) is 7.90. The van der Waals surface area contributed by atoms with Gasteiger partial charge in [0, 0.05) is 18.4 Å². The summed E-state index contributed by atoms with van der Waals surface area (Å²) in [6.07, 6.45) is 5.82. The third kappa shape index (κ3) is 4.90. The van der Waals surface area contributed by atoms with E-state index in [1.165, 1.54) is 0 Å². The molecule has 15 heavy (non-hydrogen) atoms. The molecule has 1 aromatic heterocycles. The summed E-state index contributed by atoms with van der Waals surface area (Å²) < 4.78 is 0. The molecule has 2 rings (SSSR count). The van der Waals surface area contributed by atoms with Gasteiger partial charge in [-0.2, -0.15) is 0 Å². The molecule has 1 aliphatic rings. The zero-order chi connectivity index (χ0) is 8.93. The van der Waals surface area contributed by atoms with Crippen LogP contribution in [0, 0.1) is 0 Å². The fraction of sp³-hybridized carbons (Fsp3) is 0.556. The first-order valence-corrected chi connectivity index (χ1v) is 4.69. The van der Waals surface area contributed by atoms with Crippen LogP contribution in [0.2, 0.25) is 0 Å². The third-order valence-corrected chi connectivity index (χ3v) is 2.24. The Morgan fingerprint density at radius 1 is 1.13 bits per heavy atom. The number of piperidine rings is 1. The minimum Gasteiger partial charge on any atom is -0.351 e. The molecule has 0 aromatic carbocycles. The van der Waals surface area contributed by atoms with E-state index in [1.54, 1.807) is 12.4 Å². The second-order valence-corrected chi connectivity index (χ2v) is 3.24. The van der Waals surface area contributed by atoms with Crippen molar-refractivity contribution in [2.75, 3.05) is 18.4 Å². The van der Waals surface area contributed by atoms with Gasteiger partial charge in [-0.1, -0.05) is 0 Å². The number of rotatable bonds is 2. The van der Waals surface area contributed by atoms with Crippen molar-refractivity contribution in [3.05, 3.63) is 18.5 Å². The first-order chi connectivity index (χ1) is 6.45. The van der Waals surface area contributed by atoms with Crippen LogP contribution in [0.3, 0.4) is 0 Å². The average Bonchev–Trinajstić information content (AvgIpc) is 2.21. The number of nitrogens with zero attached hydrogens (tertiary/aromatic N) is 2. The normalized spacial score (nSPS) is 16.0. The summed E-state index contributed by atoms with van der Waals surface area (Å²) in [4.78, 5) is 8.26. The summed E-state index contributed by atoms with van der Waals surface area (Å²) >= 11 is 0. The minimum atomic E-state index is 0. The van der Waals surface area contributed by atoms with Gasteiger partial charge >= 0.3 is 0 Å². The Bertz CT molecular complexity index is 252. The maximum atomic E-state index is 4.13. The second-order valence-electron chi connectivity index (χ2n) is 3.24. The van der Waals surface area contributed by atoms with E-state index < -0.39 is 0 Å².